The predicted octanol–water partition coefficient (Wildman–Crippen LogP) is 2.84. The van der Waals surface area contributed by atoms with Crippen LogP contribution in [0.1, 0.15) is 12.5 Å². The van der Waals surface area contributed by atoms with Crippen LogP contribution in [0.2, 0.25) is 0 Å². The lowest BCUT2D eigenvalue weighted by molar-refractivity contribution is -0.385. The fraction of sp³-hybridized carbons (Fsp3) is 0.235. The number of carbonyl (C=O) groups is 1. The number of sulfonamides is 1. The van der Waals surface area contributed by atoms with Gasteiger partial charge in [0, 0.05) is 6.07 Å². The molecule has 0 saturated carbocycles. The molecule has 144 valence electrons. The summed E-state index contributed by atoms with van der Waals surface area (Å²) in [5, 5.41) is 13.5. The van der Waals surface area contributed by atoms with E-state index in [4.69, 9.17) is 0 Å². The van der Waals surface area contributed by atoms with Crippen LogP contribution in [0, 0.1) is 22.9 Å². The van der Waals surface area contributed by atoms with E-state index < -0.39 is 32.7 Å². The van der Waals surface area contributed by atoms with Crippen molar-refractivity contribution in [1.82, 2.24) is 0 Å². The summed E-state index contributed by atoms with van der Waals surface area (Å²) in [4.78, 5) is 23.0. The number of hydrogen-bond acceptors (Lipinski definition) is 5. The highest BCUT2D eigenvalue weighted by Gasteiger charge is 2.31. The third kappa shape index (κ3) is 4.40. The van der Waals surface area contributed by atoms with Gasteiger partial charge in [-0.25, -0.2) is 12.8 Å². The van der Waals surface area contributed by atoms with E-state index in [1.165, 1.54) is 50.2 Å². The molecule has 27 heavy (non-hydrogen) atoms. The van der Waals surface area contributed by atoms with Gasteiger partial charge in [0.2, 0.25) is 15.9 Å². The third-order valence-electron chi connectivity index (χ3n) is 3.94. The Morgan fingerprint density at radius 1 is 1.22 bits per heavy atom. The normalized spacial score (nSPS) is 12.3. The highest BCUT2D eigenvalue weighted by atomic mass is 32.2. The standard InChI is InChI=1S/C17H18FN3O5S/c1-11-14(8-6-10-15(11)21(23)24)19-17(22)12(2)20(27(3,25)26)16-9-5-4-7-13(16)18/h4-10,12H,1-3H3,(H,19,22)/t12-/m0/s1. The first-order chi connectivity index (χ1) is 12.5. The molecule has 0 bridgehead atoms. The Hall–Kier alpha value is -3.01. The van der Waals surface area contributed by atoms with Crippen LogP contribution in [-0.2, 0) is 14.8 Å². The number of nitrogens with one attached hydrogen (secondary N) is 1. The van der Waals surface area contributed by atoms with Crippen molar-refractivity contribution in [1.29, 1.82) is 0 Å². The van der Waals surface area contributed by atoms with Gasteiger partial charge in [0.1, 0.15) is 11.9 Å². The van der Waals surface area contributed by atoms with Gasteiger partial charge < -0.3 is 5.32 Å². The van der Waals surface area contributed by atoms with Gasteiger partial charge in [0.25, 0.3) is 5.69 Å². The van der Waals surface area contributed by atoms with Gasteiger partial charge in [0.15, 0.2) is 0 Å². The molecule has 0 unspecified atom stereocenters. The summed E-state index contributed by atoms with van der Waals surface area (Å²) < 4.78 is 39.2. The van der Waals surface area contributed by atoms with Crippen molar-refractivity contribution in [2.75, 3.05) is 15.9 Å². The Labute approximate surface area is 155 Å². The van der Waals surface area contributed by atoms with E-state index in [1.807, 2.05) is 0 Å². The predicted molar refractivity (Wildman–Crippen MR) is 99.6 cm³/mol. The van der Waals surface area contributed by atoms with Gasteiger partial charge in [-0.1, -0.05) is 18.2 Å². The lowest BCUT2D eigenvalue weighted by Gasteiger charge is -2.28. The minimum atomic E-state index is -3.98. The number of halogens is 1. The van der Waals surface area contributed by atoms with Crippen LogP contribution in [0.4, 0.5) is 21.5 Å². The Morgan fingerprint density at radius 3 is 2.41 bits per heavy atom. The maximum Gasteiger partial charge on any atom is 0.274 e. The summed E-state index contributed by atoms with van der Waals surface area (Å²) in [6, 6.07) is 8.04. The second-order valence-corrected chi connectivity index (χ2v) is 7.74. The lowest BCUT2D eigenvalue weighted by atomic mass is 10.1. The summed E-state index contributed by atoms with van der Waals surface area (Å²) in [6.07, 6.45) is 0.863. The number of para-hydroxylation sites is 1. The van der Waals surface area contributed by atoms with Crippen LogP contribution < -0.4 is 9.62 Å². The van der Waals surface area contributed by atoms with Gasteiger partial charge in [-0.05, 0) is 32.0 Å². The summed E-state index contributed by atoms with van der Waals surface area (Å²) in [6.45, 7) is 2.76. The lowest BCUT2D eigenvalue weighted by Crippen LogP contribution is -2.45. The molecule has 0 spiro atoms. The maximum absolute atomic E-state index is 14.1. The van der Waals surface area contributed by atoms with E-state index in [0.29, 0.717) is 4.31 Å². The average molecular weight is 395 g/mol. The average Bonchev–Trinajstić information content (AvgIpc) is 2.57. The molecule has 0 aliphatic heterocycles. The van der Waals surface area contributed by atoms with E-state index >= 15 is 0 Å². The van der Waals surface area contributed by atoms with Crippen LogP contribution in [0.3, 0.4) is 0 Å². The van der Waals surface area contributed by atoms with Gasteiger partial charge in [0.05, 0.1) is 28.1 Å². The zero-order chi connectivity index (χ0) is 20.4. The molecule has 0 saturated heterocycles. The molecular weight excluding hydrogens is 377 g/mol. The number of rotatable bonds is 6. The second-order valence-electron chi connectivity index (χ2n) is 5.88. The molecule has 10 heteroatoms. The Kier molecular flexibility index (Phi) is 5.79. The molecule has 0 radical (unpaired) electrons. The van der Waals surface area contributed by atoms with Gasteiger partial charge >= 0.3 is 0 Å². The van der Waals surface area contributed by atoms with Gasteiger partial charge in [-0.3, -0.25) is 19.2 Å². The largest absolute Gasteiger partial charge is 0.324 e. The smallest absolute Gasteiger partial charge is 0.274 e. The molecule has 0 aromatic heterocycles. The first kappa shape index (κ1) is 20.3. The van der Waals surface area contributed by atoms with Crippen molar-refractivity contribution in [3.05, 3.63) is 64.0 Å². The number of carbonyl (C=O) groups excluding carboxylic acids is 1. The molecule has 1 N–H and O–H groups in total. The Morgan fingerprint density at radius 2 is 1.85 bits per heavy atom. The second kappa shape index (κ2) is 7.70. The molecule has 0 heterocycles. The number of nitro groups is 1. The molecule has 1 atom stereocenters. The summed E-state index contributed by atoms with van der Waals surface area (Å²) in [5.41, 5.74) is -0.0594. The fourth-order valence-corrected chi connectivity index (χ4v) is 3.78. The first-order valence-electron chi connectivity index (χ1n) is 7.83. The Balaban J connectivity index is 2.39. The quantitative estimate of drug-likeness (QED) is 0.597. The molecular formula is C17H18FN3O5S. The van der Waals surface area contributed by atoms with Crippen molar-refractivity contribution in [2.24, 2.45) is 0 Å². The molecule has 0 fully saturated rings. The molecule has 2 aromatic carbocycles. The minimum Gasteiger partial charge on any atom is -0.324 e. The van der Waals surface area contributed by atoms with Crippen LogP contribution in [0.25, 0.3) is 0 Å². The van der Waals surface area contributed by atoms with Crippen molar-refractivity contribution in [3.63, 3.8) is 0 Å². The number of hydrogen-bond donors (Lipinski definition) is 1. The highest BCUT2D eigenvalue weighted by molar-refractivity contribution is 7.92. The monoisotopic (exact) mass is 395 g/mol. The van der Waals surface area contributed by atoms with E-state index in [-0.39, 0.29) is 22.6 Å². The van der Waals surface area contributed by atoms with Crippen molar-refractivity contribution in [3.8, 4) is 0 Å². The fourth-order valence-electron chi connectivity index (χ4n) is 2.61. The zero-order valence-corrected chi connectivity index (χ0v) is 15.7. The van der Waals surface area contributed by atoms with Crippen molar-refractivity contribution >= 4 is 33.0 Å². The van der Waals surface area contributed by atoms with Crippen LogP contribution in [0.15, 0.2) is 42.5 Å². The Bertz CT molecular complexity index is 994. The van der Waals surface area contributed by atoms with E-state index in [2.05, 4.69) is 5.32 Å². The number of nitrogens with zero attached hydrogens (tertiary/aromatic N) is 2. The van der Waals surface area contributed by atoms with Crippen LogP contribution in [-0.4, -0.2) is 31.5 Å². The van der Waals surface area contributed by atoms with E-state index in [9.17, 15) is 27.7 Å². The van der Waals surface area contributed by atoms with Crippen LogP contribution in [0.5, 0.6) is 0 Å². The molecule has 0 aliphatic carbocycles. The molecule has 1 amide bonds. The van der Waals surface area contributed by atoms with Gasteiger partial charge in [-0.2, -0.15) is 0 Å². The summed E-state index contributed by atoms with van der Waals surface area (Å²) in [7, 11) is -3.98. The number of anilines is 2. The minimum absolute atomic E-state index is 0.169. The highest BCUT2D eigenvalue weighted by Crippen LogP contribution is 2.27. The molecule has 8 nitrogen and oxygen atoms in total. The number of amides is 1. The maximum atomic E-state index is 14.1. The topological polar surface area (TPSA) is 110 Å². The first-order valence-corrected chi connectivity index (χ1v) is 9.67. The SMILES string of the molecule is Cc1c(NC(=O)[C@H](C)N(c2ccccc2F)S(C)(=O)=O)cccc1[N+](=O)[O-]. The number of nitro benzene ring substituents is 1. The molecule has 2 aromatic rings. The summed E-state index contributed by atoms with van der Waals surface area (Å²) in [5.74, 6) is -1.55. The molecule has 0 aliphatic rings. The third-order valence-corrected chi connectivity index (χ3v) is 5.17. The van der Waals surface area contributed by atoms with Crippen molar-refractivity contribution < 1.29 is 22.5 Å². The zero-order valence-electron chi connectivity index (χ0n) is 14.8. The van der Waals surface area contributed by atoms with Crippen LogP contribution >= 0.6 is 0 Å². The van der Waals surface area contributed by atoms with Crippen molar-refractivity contribution in [2.45, 2.75) is 19.9 Å². The van der Waals surface area contributed by atoms with E-state index in [0.717, 1.165) is 12.3 Å². The summed E-state index contributed by atoms with van der Waals surface area (Å²) >= 11 is 0. The number of benzene rings is 2. The molecule has 2 rings (SSSR count). The van der Waals surface area contributed by atoms with Gasteiger partial charge in [-0.15, -0.1) is 0 Å². The van der Waals surface area contributed by atoms with E-state index in [1.54, 1.807) is 0 Å².